The molecular weight excluding hydrogens is 547 g/mol. The Labute approximate surface area is 233 Å². The summed E-state index contributed by atoms with van der Waals surface area (Å²) in [6.07, 6.45) is -0.614. The number of morpholine rings is 1. The van der Waals surface area contributed by atoms with Gasteiger partial charge in [0.15, 0.2) is 12.3 Å². The third-order valence-corrected chi connectivity index (χ3v) is 7.11. The fourth-order valence-corrected chi connectivity index (χ4v) is 4.86. The van der Waals surface area contributed by atoms with Crippen molar-refractivity contribution < 1.29 is 54.2 Å². The van der Waals surface area contributed by atoms with Gasteiger partial charge in [0.05, 0.1) is 18.8 Å². The smallest absolute Gasteiger partial charge is 0.279 e. The van der Waals surface area contributed by atoms with E-state index in [1.807, 2.05) is 0 Å². The van der Waals surface area contributed by atoms with Crippen molar-refractivity contribution in [1.82, 2.24) is 15.1 Å². The van der Waals surface area contributed by atoms with Gasteiger partial charge in [0, 0.05) is 50.0 Å². The molecule has 0 radical (unpaired) electrons. The highest BCUT2D eigenvalue weighted by molar-refractivity contribution is 6.03. The molecule has 2 aromatic rings. The lowest BCUT2D eigenvalue weighted by atomic mass is 9.96. The molecule has 1 atom stereocenters. The van der Waals surface area contributed by atoms with Crippen LogP contribution in [0.4, 0.5) is 10.1 Å². The number of nitrogens with zero attached hydrogens (tertiary/aromatic N) is 2. The van der Waals surface area contributed by atoms with E-state index in [1.54, 1.807) is 0 Å². The van der Waals surface area contributed by atoms with Gasteiger partial charge in [-0.25, -0.2) is 4.39 Å². The molecule has 1 unspecified atom stereocenters. The number of fused-ring (bicyclic) bond motifs is 1. The lowest BCUT2D eigenvalue weighted by Gasteiger charge is -2.40. The van der Waals surface area contributed by atoms with E-state index in [1.165, 1.54) is 30.3 Å². The van der Waals surface area contributed by atoms with Gasteiger partial charge in [-0.3, -0.25) is 19.3 Å². The quantitative estimate of drug-likeness (QED) is 0.109. The maximum Gasteiger partial charge on any atom is 0.279 e. The summed E-state index contributed by atoms with van der Waals surface area (Å²) in [6.45, 7) is 2.19. The van der Waals surface area contributed by atoms with Gasteiger partial charge in [0.1, 0.15) is 5.82 Å². The monoisotopic (exact) mass is 578 g/mol. The van der Waals surface area contributed by atoms with Crippen LogP contribution < -0.4 is 10.6 Å². The molecule has 0 spiro atoms. The first-order chi connectivity index (χ1) is 19.2. The normalized spacial score (nSPS) is 17.3. The number of aliphatic hydroxyl groups is 6. The Kier molecular flexibility index (Phi) is 8.45. The van der Waals surface area contributed by atoms with Crippen LogP contribution in [0.2, 0.25) is 0 Å². The Morgan fingerprint density at radius 3 is 2.44 bits per heavy atom. The summed E-state index contributed by atoms with van der Waals surface area (Å²) in [5.41, 5.74) is -0.0873. The molecule has 0 bridgehead atoms. The van der Waals surface area contributed by atoms with Crippen molar-refractivity contribution >= 4 is 23.8 Å². The summed E-state index contributed by atoms with van der Waals surface area (Å²) in [6, 6.07) is 5.46. The van der Waals surface area contributed by atoms with Gasteiger partial charge in [0.25, 0.3) is 23.4 Å². The molecule has 0 aromatic heterocycles. The molecular formula is C26H31FN4O10. The first-order valence-electron chi connectivity index (χ1n) is 12.6. The SMILES string of the molecule is CNC(=O)C(N1Cc2c(NC(O)(O)c3cc(CN4CCOCC4)ccc3F)cccc2C1=O)C(O)(O)C(O)(O)C=O. The number of ether oxygens (including phenoxy) is 1. The molecule has 2 heterocycles. The first-order valence-corrected chi connectivity index (χ1v) is 12.6. The molecule has 2 amide bonds. The number of benzene rings is 2. The van der Waals surface area contributed by atoms with Crippen LogP contribution in [0, 0.1) is 5.82 Å². The maximum atomic E-state index is 14.8. The summed E-state index contributed by atoms with van der Waals surface area (Å²) in [7, 11) is 1.08. The minimum atomic E-state index is -3.86. The number of likely N-dealkylation sites (N-methyl/N-ethyl adjacent to an activating group) is 1. The highest BCUT2D eigenvalue weighted by Gasteiger charge is 2.60. The molecule has 222 valence electrons. The van der Waals surface area contributed by atoms with Crippen molar-refractivity contribution in [2.75, 3.05) is 38.7 Å². The second-order valence-corrected chi connectivity index (χ2v) is 9.85. The van der Waals surface area contributed by atoms with Crippen LogP contribution in [0.15, 0.2) is 36.4 Å². The maximum absolute atomic E-state index is 14.8. The Hall–Kier alpha value is -3.54. The molecule has 14 nitrogen and oxygen atoms in total. The second-order valence-electron chi connectivity index (χ2n) is 9.85. The number of hydrogen-bond donors (Lipinski definition) is 8. The first kappa shape index (κ1) is 30.4. The lowest BCUT2D eigenvalue weighted by molar-refractivity contribution is -0.345. The van der Waals surface area contributed by atoms with E-state index in [2.05, 4.69) is 15.5 Å². The van der Waals surface area contributed by atoms with Gasteiger partial charge in [-0.1, -0.05) is 12.1 Å². The molecule has 2 aliphatic heterocycles. The van der Waals surface area contributed by atoms with E-state index in [9.17, 15) is 49.4 Å². The molecule has 8 N–H and O–H groups in total. The number of halogens is 1. The number of hydrogen-bond acceptors (Lipinski definition) is 12. The van der Waals surface area contributed by atoms with Gasteiger partial charge >= 0.3 is 0 Å². The fraction of sp³-hybridized carbons (Fsp3) is 0.423. The van der Waals surface area contributed by atoms with Crippen LogP contribution in [0.1, 0.15) is 27.0 Å². The van der Waals surface area contributed by atoms with Crippen molar-refractivity contribution in [3.8, 4) is 0 Å². The van der Waals surface area contributed by atoms with Crippen LogP contribution in [0.3, 0.4) is 0 Å². The molecule has 0 saturated carbocycles. The number of carbonyl (C=O) groups excluding carboxylic acids is 3. The van der Waals surface area contributed by atoms with Crippen molar-refractivity contribution in [3.05, 3.63) is 64.5 Å². The predicted molar refractivity (Wildman–Crippen MR) is 137 cm³/mol. The Bertz CT molecular complexity index is 1330. The summed E-state index contributed by atoms with van der Waals surface area (Å²) in [5, 5.41) is 67.0. The van der Waals surface area contributed by atoms with Gasteiger partial charge in [-0.2, -0.15) is 0 Å². The van der Waals surface area contributed by atoms with Gasteiger partial charge in [-0.15, -0.1) is 0 Å². The highest BCUT2D eigenvalue weighted by atomic mass is 19.1. The average Bonchev–Trinajstić information content (AvgIpc) is 3.26. The fourth-order valence-electron chi connectivity index (χ4n) is 4.86. The van der Waals surface area contributed by atoms with E-state index < -0.39 is 59.6 Å². The minimum Gasteiger partial charge on any atom is -0.379 e. The van der Waals surface area contributed by atoms with E-state index in [4.69, 9.17) is 4.74 Å². The van der Waals surface area contributed by atoms with Gasteiger partial charge in [0.2, 0.25) is 5.91 Å². The standard InChI is InChI=1S/C26H31FN4O10/c1-28-22(33)21(25(37,38)24(35,36)14-32)31-13-17-16(23(31)34)3-2-4-20(17)29-26(39,40)18-11-15(5-6-19(18)27)12-30-7-9-41-10-8-30/h2-6,11,14,21,29,35-40H,7-10,12-13H2,1H3,(H,28,33). The third-order valence-electron chi connectivity index (χ3n) is 7.11. The predicted octanol–water partition coefficient (Wildman–Crippen LogP) is -2.50. The lowest BCUT2D eigenvalue weighted by Crippen LogP contribution is -2.70. The molecule has 0 aliphatic carbocycles. The average molecular weight is 579 g/mol. The highest BCUT2D eigenvalue weighted by Crippen LogP contribution is 2.36. The van der Waals surface area contributed by atoms with Crippen molar-refractivity contribution in [3.63, 3.8) is 0 Å². The molecule has 41 heavy (non-hydrogen) atoms. The summed E-state index contributed by atoms with van der Waals surface area (Å²) < 4.78 is 20.1. The summed E-state index contributed by atoms with van der Waals surface area (Å²) in [5.74, 6) is -13.9. The topological polar surface area (TPSA) is 212 Å². The number of aldehydes is 1. The number of anilines is 1. The molecule has 2 aliphatic rings. The van der Waals surface area contributed by atoms with Crippen LogP contribution in [-0.2, 0) is 33.3 Å². The molecule has 15 heteroatoms. The molecule has 4 rings (SSSR count). The Balaban J connectivity index is 1.65. The number of carbonyl (C=O) groups is 3. The van der Waals surface area contributed by atoms with E-state index >= 15 is 0 Å². The second kappa shape index (κ2) is 11.4. The van der Waals surface area contributed by atoms with Crippen LogP contribution in [0.25, 0.3) is 0 Å². The van der Waals surface area contributed by atoms with E-state index in [-0.39, 0.29) is 16.8 Å². The molecule has 1 saturated heterocycles. The molecule has 1 fully saturated rings. The Morgan fingerprint density at radius 2 is 1.80 bits per heavy atom. The zero-order valence-electron chi connectivity index (χ0n) is 22.0. The van der Waals surface area contributed by atoms with E-state index in [0.29, 0.717) is 43.3 Å². The molecule has 2 aromatic carbocycles. The van der Waals surface area contributed by atoms with Gasteiger partial charge in [-0.05, 0) is 29.8 Å². The third kappa shape index (κ3) is 5.79. The number of rotatable bonds is 10. The zero-order chi connectivity index (χ0) is 30.2. The largest absolute Gasteiger partial charge is 0.379 e. The zero-order valence-corrected chi connectivity index (χ0v) is 22.0. The Morgan fingerprint density at radius 1 is 1.12 bits per heavy atom. The minimum absolute atomic E-state index is 0.0344. The van der Waals surface area contributed by atoms with Crippen molar-refractivity contribution in [2.24, 2.45) is 0 Å². The van der Waals surface area contributed by atoms with Crippen LogP contribution in [0.5, 0.6) is 0 Å². The van der Waals surface area contributed by atoms with Gasteiger partial charge < -0.3 is 50.9 Å². The van der Waals surface area contributed by atoms with E-state index in [0.717, 1.165) is 13.1 Å². The summed E-state index contributed by atoms with van der Waals surface area (Å²) >= 11 is 0. The van der Waals surface area contributed by atoms with Crippen molar-refractivity contribution in [1.29, 1.82) is 0 Å². The summed E-state index contributed by atoms with van der Waals surface area (Å²) in [4.78, 5) is 39.6. The van der Waals surface area contributed by atoms with Crippen LogP contribution >= 0.6 is 0 Å². The van der Waals surface area contributed by atoms with Crippen LogP contribution in [-0.4, -0.2) is 110 Å². The number of nitrogens with one attached hydrogen (secondary N) is 2. The van der Waals surface area contributed by atoms with Crippen molar-refractivity contribution in [2.45, 2.75) is 36.6 Å². The number of amides is 2.